The number of carbonyl (C=O) groups is 1. The fourth-order valence-electron chi connectivity index (χ4n) is 3.50. The van der Waals surface area contributed by atoms with Gasteiger partial charge in [0.15, 0.2) is 5.82 Å². The number of nitrogens with zero attached hydrogens (tertiary/aromatic N) is 2. The molecule has 1 aromatic heterocycles. The lowest BCUT2D eigenvalue weighted by atomic mass is 10.1. The lowest BCUT2D eigenvalue weighted by molar-refractivity contribution is -0.116. The van der Waals surface area contributed by atoms with E-state index in [0.29, 0.717) is 17.3 Å². The molecular formula is C23H22ClN3O. The van der Waals surface area contributed by atoms with E-state index in [9.17, 15) is 4.79 Å². The lowest BCUT2D eigenvalue weighted by Gasteiger charge is -2.13. The summed E-state index contributed by atoms with van der Waals surface area (Å²) in [7, 11) is 0. The molecule has 1 aliphatic carbocycles. The molecule has 1 aliphatic rings. The van der Waals surface area contributed by atoms with Crippen LogP contribution >= 0.6 is 11.6 Å². The minimum absolute atomic E-state index is 0.215. The van der Waals surface area contributed by atoms with Gasteiger partial charge in [-0.1, -0.05) is 35.9 Å². The predicted molar refractivity (Wildman–Crippen MR) is 113 cm³/mol. The first kappa shape index (κ1) is 18.6. The highest BCUT2D eigenvalue weighted by atomic mass is 35.5. The molecule has 0 aliphatic heterocycles. The average Bonchev–Trinajstić information content (AvgIpc) is 3.16. The van der Waals surface area contributed by atoms with Crippen molar-refractivity contribution in [2.24, 2.45) is 0 Å². The third-order valence-corrected chi connectivity index (χ3v) is 5.23. The van der Waals surface area contributed by atoms with Gasteiger partial charge in [-0.3, -0.25) is 0 Å². The molecule has 142 valence electrons. The van der Waals surface area contributed by atoms with Crippen LogP contribution in [0.4, 0.5) is 11.5 Å². The van der Waals surface area contributed by atoms with Crippen LogP contribution < -0.4 is 5.32 Å². The van der Waals surface area contributed by atoms with E-state index < -0.39 is 0 Å². The second-order valence-corrected chi connectivity index (χ2v) is 7.65. The maximum Gasteiger partial charge on any atom is 0.161 e. The number of rotatable bonds is 6. The Balaban J connectivity index is 1.61. The standard InChI is InChI=1S/C23H22ClN3O/c1-15(28)8-9-16-10-12-19(13-11-16)25-23-20-6-3-7-21(20)26-22(27-23)17-4-2-5-18(24)14-17/h2,4-5,10-14H,3,6-9H2,1H3,(H,25,26,27). The van der Waals surface area contributed by atoms with E-state index in [1.165, 1.54) is 5.56 Å². The summed E-state index contributed by atoms with van der Waals surface area (Å²) < 4.78 is 0. The summed E-state index contributed by atoms with van der Waals surface area (Å²) >= 11 is 6.15. The molecule has 2 aromatic carbocycles. The molecule has 4 nitrogen and oxygen atoms in total. The Morgan fingerprint density at radius 3 is 2.68 bits per heavy atom. The minimum Gasteiger partial charge on any atom is -0.340 e. The Labute approximate surface area is 170 Å². The van der Waals surface area contributed by atoms with Crippen LogP contribution in [-0.2, 0) is 24.1 Å². The van der Waals surface area contributed by atoms with Crippen molar-refractivity contribution in [3.05, 3.63) is 70.4 Å². The number of aromatic nitrogens is 2. The van der Waals surface area contributed by atoms with Crippen LogP contribution in [0.25, 0.3) is 11.4 Å². The fraction of sp³-hybridized carbons (Fsp3) is 0.261. The Morgan fingerprint density at radius 2 is 1.93 bits per heavy atom. The summed E-state index contributed by atoms with van der Waals surface area (Å²) in [5.41, 5.74) is 5.38. The van der Waals surface area contributed by atoms with Gasteiger partial charge in [0, 0.05) is 34.0 Å². The van der Waals surface area contributed by atoms with E-state index >= 15 is 0 Å². The van der Waals surface area contributed by atoms with Gasteiger partial charge in [0.2, 0.25) is 0 Å². The van der Waals surface area contributed by atoms with Crippen LogP contribution in [0.3, 0.4) is 0 Å². The molecule has 1 heterocycles. The van der Waals surface area contributed by atoms with E-state index in [0.717, 1.165) is 54.0 Å². The van der Waals surface area contributed by atoms with Crippen LogP contribution in [0.2, 0.25) is 5.02 Å². The van der Waals surface area contributed by atoms with Crippen LogP contribution in [0.1, 0.15) is 36.6 Å². The molecule has 0 unspecified atom stereocenters. The lowest BCUT2D eigenvalue weighted by Crippen LogP contribution is -2.04. The largest absolute Gasteiger partial charge is 0.340 e. The van der Waals surface area contributed by atoms with E-state index in [1.807, 2.05) is 36.4 Å². The van der Waals surface area contributed by atoms with Crippen molar-refractivity contribution in [2.45, 2.75) is 39.0 Å². The first-order chi connectivity index (χ1) is 13.6. The number of carbonyl (C=O) groups excluding carboxylic acids is 1. The highest BCUT2D eigenvalue weighted by molar-refractivity contribution is 6.30. The quantitative estimate of drug-likeness (QED) is 0.598. The maximum absolute atomic E-state index is 11.2. The Kier molecular flexibility index (Phi) is 5.40. The summed E-state index contributed by atoms with van der Waals surface area (Å²) in [6.45, 7) is 1.63. The maximum atomic E-state index is 11.2. The predicted octanol–water partition coefficient (Wildman–Crippen LogP) is 5.55. The van der Waals surface area contributed by atoms with Crippen molar-refractivity contribution in [3.63, 3.8) is 0 Å². The van der Waals surface area contributed by atoms with E-state index in [1.54, 1.807) is 6.92 Å². The van der Waals surface area contributed by atoms with Crippen molar-refractivity contribution in [1.82, 2.24) is 9.97 Å². The third kappa shape index (κ3) is 4.23. The second kappa shape index (κ2) is 8.11. The molecule has 0 fully saturated rings. The number of benzene rings is 2. The molecule has 0 atom stereocenters. The summed E-state index contributed by atoms with van der Waals surface area (Å²) in [6.07, 6.45) is 4.42. The van der Waals surface area contributed by atoms with Gasteiger partial charge >= 0.3 is 0 Å². The number of hydrogen-bond donors (Lipinski definition) is 1. The summed E-state index contributed by atoms with van der Waals surface area (Å²) in [5.74, 6) is 1.78. The molecule has 28 heavy (non-hydrogen) atoms. The molecule has 0 bridgehead atoms. The summed E-state index contributed by atoms with van der Waals surface area (Å²) in [4.78, 5) is 20.8. The van der Waals surface area contributed by atoms with Gasteiger partial charge in [-0.15, -0.1) is 0 Å². The number of ketones is 1. The van der Waals surface area contributed by atoms with E-state index in [2.05, 4.69) is 17.4 Å². The van der Waals surface area contributed by atoms with Gasteiger partial charge in [0.05, 0.1) is 0 Å². The van der Waals surface area contributed by atoms with Crippen LogP contribution in [0.5, 0.6) is 0 Å². The molecule has 0 spiro atoms. The monoisotopic (exact) mass is 391 g/mol. The Hall–Kier alpha value is -2.72. The van der Waals surface area contributed by atoms with Crippen molar-refractivity contribution in [1.29, 1.82) is 0 Å². The van der Waals surface area contributed by atoms with Gasteiger partial charge in [0.25, 0.3) is 0 Å². The van der Waals surface area contributed by atoms with Gasteiger partial charge < -0.3 is 10.1 Å². The van der Waals surface area contributed by atoms with Crippen molar-refractivity contribution >= 4 is 28.9 Å². The van der Waals surface area contributed by atoms with Gasteiger partial charge in [-0.05, 0) is 62.4 Å². The van der Waals surface area contributed by atoms with Gasteiger partial charge in [-0.2, -0.15) is 0 Å². The Morgan fingerprint density at radius 1 is 1.11 bits per heavy atom. The van der Waals surface area contributed by atoms with Crippen LogP contribution in [0, 0.1) is 0 Å². The van der Waals surface area contributed by atoms with Crippen LogP contribution in [-0.4, -0.2) is 15.8 Å². The zero-order valence-electron chi connectivity index (χ0n) is 15.8. The number of hydrogen-bond acceptors (Lipinski definition) is 4. The smallest absolute Gasteiger partial charge is 0.161 e. The summed E-state index contributed by atoms with van der Waals surface area (Å²) in [5, 5.41) is 4.15. The number of fused-ring (bicyclic) bond motifs is 1. The molecule has 4 rings (SSSR count). The topological polar surface area (TPSA) is 54.9 Å². The average molecular weight is 392 g/mol. The SMILES string of the molecule is CC(=O)CCc1ccc(Nc2nc(-c3cccc(Cl)c3)nc3c2CCC3)cc1. The van der Waals surface area contributed by atoms with Crippen LogP contribution in [0.15, 0.2) is 48.5 Å². The normalized spacial score (nSPS) is 12.6. The molecule has 0 saturated heterocycles. The molecular weight excluding hydrogens is 370 g/mol. The summed E-state index contributed by atoms with van der Waals surface area (Å²) in [6, 6.07) is 15.8. The molecule has 0 amide bonds. The molecule has 5 heteroatoms. The molecule has 0 saturated carbocycles. The number of aryl methyl sites for hydroxylation is 2. The number of halogens is 1. The molecule has 0 radical (unpaired) electrons. The van der Waals surface area contributed by atoms with Crippen molar-refractivity contribution < 1.29 is 4.79 Å². The van der Waals surface area contributed by atoms with Gasteiger partial charge in [-0.25, -0.2) is 9.97 Å². The highest BCUT2D eigenvalue weighted by Crippen LogP contribution is 2.31. The van der Waals surface area contributed by atoms with Crippen molar-refractivity contribution in [3.8, 4) is 11.4 Å². The molecule has 1 N–H and O–H groups in total. The number of nitrogens with one attached hydrogen (secondary N) is 1. The zero-order chi connectivity index (χ0) is 19.5. The first-order valence-corrected chi connectivity index (χ1v) is 9.97. The highest BCUT2D eigenvalue weighted by Gasteiger charge is 2.20. The zero-order valence-corrected chi connectivity index (χ0v) is 16.6. The Bertz CT molecular complexity index is 1010. The van der Waals surface area contributed by atoms with E-state index in [4.69, 9.17) is 21.6 Å². The second-order valence-electron chi connectivity index (χ2n) is 7.21. The number of Topliss-reactive ketones (excluding diaryl/α,β-unsaturated/α-hetero) is 1. The molecule has 3 aromatic rings. The number of anilines is 2. The first-order valence-electron chi connectivity index (χ1n) is 9.59. The third-order valence-electron chi connectivity index (χ3n) is 5.00. The van der Waals surface area contributed by atoms with Gasteiger partial charge in [0.1, 0.15) is 11.6 Å². The minimum atomic E-state index is 0.215. The van der Waals surface area contributed by atoms with Crippen molar-refractivity contribution in [2.75, 3.05) is 5.32 Å². The van der Waals surface area contributed by atoms with E-state index in [-0.39, 0.29) is 5.78 Å². The fourth-order valence-corrected chi connectivity index (χ4v) is 3.69.